The SMILES string of the molecule is C=C(O)CCCS(N)(=O)=O. The molecule has 0 atom stereocenters. The fraction of sp³-hybridized carbons (Fsp3) is 0.600. The minimum absolute atomic E-state index is 0.0105. The van der Waals surface area contributed by atoms with Crippen molar-refractivity contribution in [1.29, 1.82) is 0 Å². The number of hydrogen-bond donors (Lipinski definition) is 2. The van der Waals surface area contributed by atoms with Gasteiger partial charge in [0.15, 0.2) is 0 Å². The Hall–Kier alpha value is -0.550. The van der Waals surface area contributed by atoms with Gasteiger partial charge in [-0.2, -0.15) is 0 Å². The summed E-state index contributed by atoms with van der Waals surface area (Å²) in [4.78, 5) is 0. The molecular weight excluding hydrogens is 154 g/mol. The molecule has 10 heavy (non-hydrogen) atoms. The van der Waals surface area contributed by atoms with Gasteiger partial charge in [-0.25, -0.2) is 13.6 Å². The summed E-state index contributed by atoms with van der Waals surface area (Å²) >= 11 is 0. The molecule has 0 radical (unpaired) electrons. The number of hydrogen-bond acceptors (Lipinski definition) is 3. The standard InChI is InChI=1S/C5H11NO3S/c1-5(7)3-2-4-10(6,8)9/h7H,1-4H2,(H2,6,8,9). The Bertz CT molecular complexity index is 207. The predicted octanol–water partition coefficient (Wildman–Crippen LogP) is 0.127. The van der Waals surface area contributed by atoms with E-state index in [4.69, 9.17) is 5.11 Å². The van der Waals surface area contributed by atoms with Crippen molar-refractivity contribution in [3.63, 3.8) is 0 Å². The Kier molecular flexibility index (Phi) is 3.38. The maximum absolute atomic E-state index is 10.3. The van der Waals surface area contributed by atoms with E-state index >= 15 is 0 Å². The smallest absolute Gasteiger partial charge is 0.209 e. The summed E-state index contributed by atoms with van der Waals surface area (Å²) in [5, 5.41) is 13.2. The lowest BCUT2D eigenvalue weighted by Gasteiger charge is -1.96. The Morgan fingerprint density at radius 1 is 1.60 bits per heavy atom. The van der Waals surface area contributed by atoms with Crippen molar-refractivity contribution in [1.82, 2.24) is 0 Å². The van der Waals surface area contributed by atoms with Crippen LogP contribution in [0.5, 0.6) is 0 Å². The average molecular weight is 165 g/mol. The number of nitrogens with two attached hydrogens (primary N) is 1. The van der Waals surface area contributed by atoms with Gasteiger partial charge in [0, 0.05) is 6.42 Å². The van der Waals surface area contributed by atoms with E-state index in [0.717, 1.165) is 0 Å². The fourth-order valence-electron chi connectivity index (χ4n) is 0.477. The van der Waals surface area contributed by atoms with Crippen molar-refractivity contribution >= 4 is 10.0 Å². The molecule has 0 aromatic heterocycles. The number of primary sulfonamides is 1. The van der Waals surface area contributed by atoms with E-state index < -0.39 is 10.0 Å². The van der Waals surface area contributed by atoms with Crippen molar-refractivity contribution in [2.75, 3.05) is 5.75 Å². The lowest BCUT2D eigenvalue weighted by Crippen LogP contribution is -2.16. The topological polar surface area (TPSA) is 80.4 Å². The summed E-state index contributed by atoms with van der Waals surface area (Å²) in [6.45, 7) is 3.19. The van der Waals surface area contributed by atoms with Crippen molar-refractivity contribution in [2.24, 2.45) is 5.14 Å². The molecule has 5 heteroatoms. The number of allylic oxidation sites excluding steroid dienone is 1. The minimum Gasteiger partial charge on any atom is -0.513 e. The zero-order valence-corrected chi connectivity index (χ0v) is 6.39. The molecule has 0 spiro atoms. The quantitative estimate of drug-likeness (QED) is 0.581. The lowest BCUT2D eigenvalue weighted by atomic mass is 10.3. The molecule has 0 aromatic carbocycles. The van der Waals surface area contributed by atoms with Gasteiger partial charge in [-0.15, -0.1) is 0 Å². The molecule has 0 rings (SSSR count). The second-order valence-electron chi connectivity index (χ2n) is 2.04. The molecule has 0 aliphatic carbocycles. The Morgan fingerprint density at radius 3 is 2.40 bits per heavy atom. The summed E-state index contributed by atoms with van der Waals surface area (Å²) in [6.07, 6.45) is 0.616. The molecule has 4 nitrogen and oxygen atoms in total. The van der Waals surface area contributed by atoms with Gasteiger partial charge < -0.3 is 5.11 Å². The number of rotatable bonds is 4. The molecular formula is C5H11NO3S. The lowest BCUT2D eigenvalue weighted by molar-refractivity contribution is 0.390. The van der Waals surface area contributed by atoms with Gasteiger partial charge in [0.1, 0.15) is 0 Å². The molecule has 0 heterocycles. The second kappa shape index (κ2) is 3.58. The van der Waals surface area contributed by atoms with E-state index in [-0.39, 0.29) is 17.9 Å². The molecule has 0 aliphatic heterocycles. The molecule has 0 saturated heterocycles. The highest BCUT2D eigenvalue weighted by Gasteiger charge is 2.01. The largest absolute Gasteiger partial charge is 0.513 e. The van der Waals surface area contributed by atoms with Crippen LogP contribution in [0.2, 0.25) is 0 Å². The summed E-state index contributed by atoms with van der Waals surface area (Å²) in [5.74, 6) is -0.115. The molecule has 60 valence electrons. The van der Waals surface area contributed by atoms with Gasteiger partial charge in [0.05, 0.1) is 11.5 Å². The van der Waals surface area contributed by atoms with E-state index in [0.29, 0.717) is 6.42 Å². The monoisotopic (exact) mass is 165 g/mol. The zero-order chi connectivity index (χ0) is 8.20. The average Bonchev–Trinajstić information content (AvgIpc) is 1.59. The summed E-state index contributed by atoms with van der Waals surface area (Å²) in [7, 11) is -3.37. The van der Waals surface area contributed by atoms with E-state index in [1.54, 1.807) is 0 Å². The molecule has 0 aliphatic rings. The van der Waals surface area contributed by atoms with E-state index in [9.17, 15) is 8.42 Å². The van der Waals surface area contributed by atoms with Crippen LogP contribution in [0.25, 0.3) is 0 Å². The maximum Gasteiger partial charge on any atom is 0.209 e. The number of sulfonamides is 1. The van der Waals surface area contributed by atoms with Crippen LogP contribution in [0.1, 0.15) is 12.8 Å². The van der Waals surface area contributed by atoms with Crippen molar-refractivity contribution in [3.05, 3.63) is 12.3 Å². The molecule has 0 unspecified atom stereocenters. The van der Waals surface area contributed by atoms with Crippen molar-refractivity contribution in [3.8, 4) is 0 Å². The highest BCUT2D eigenvalue weighted by molar-refractivity contribution is 7.89. The van der Waals surface area contributed by atoms with Crippen LogP contribution in [0.3, 0.4) is 0 Å². The third-order valence-electron chi connectivity index (χ3n) is 0.894. The molecule has 0 amide bonds. The Morgan fingerprint density at radius 2 is 2.10 bits per heavy atom. The fourth-order valence-corrected chi connectivity index (χ4v) is 1.02. The Labute approximate surface area is 60.4 Å². The second-order valence-corrected chi connectivity index (χ2v) is 3.77. The first-order valence-corrected chi connectivity index (χ1v) is 4.50. The van der Waals surface area contributed by atoms with E-state index in [1.165, 1.54) is 0 Å². The molecule has 0 bridgehead atoms. The first kappa shape index (κ1) is 9.45. The molecule has 0 fully saturated rings. The highest BCUT2D eigenvalue weighted by atomic mass is 32.2. The third-order valence-corrected chi connectivity index (χ3v) is 1.75. The van der Waals surface area contributed by atoms with Crippen LogP contribution in [0.4, 0.5) is 0 Å². The Balaban J connectivity index is 3.49. The third kappa shape index (κ3) is 7.45. The van der Waals surface area contributed by atoms with Crippen LogP contribution >= 0.6 is 0 Å². The van der Waals surface area contributed by atoms with Gasteiger partial charge in [0.25, 0.3) is 0 Å². The van der Waals surface area contributed by atoms with E-state index in [2.05, 4.69) is 11.7 Å². The zero-order valence-electron chi connectivity index (χ0n) is 5.58. The minimum atomic E-state index is -3.37. The van der Waals surface area contributed by atoms with Crippen LogP contribution in [0.15, 0.2) is 12.3 Å². The van der Waals surface area contributed by atoms with Crippen LogP contribution in [-0.4, -0.2) is 19.3 Å². The van der Waals surface area contributed by atoms with Crippen LogP contribution < -0.4 is 5.14 Å². The first-order chi connectivity index (χ1) is 4.42. The van der Waals surface area contributed by atoms with Gasteiger partial charge in [-0.05, 0) is 6.42 Å². The van der Waals surface area contributed by atoms with Gasteiger partial charge in [-0.3, -0.25) is 0 Å². The molecule has 0 saturated carbocycles. The summed E-state index contributed by atoms with van der Waals surface area (Å²) in [5.41, 5.74) is 0. The normalized spacial score (nSPS) is 11.3. The molecule has 0 aromatic rings. The summed E-state index contributed by atoms with van der Waals surface area (Å²) < 4.78 is 20.6. The first-order valence-electron chi connectivity index (χ1n) is 2.79. The van der Waals surface area contributed by atoms with Gasteiger partial charge >= 0.3 is 0 Å². The summed E-state index contributed by atoms with van der Waals surface area (Å²) in [6, 6.07) is 0. The van der Waals surface area contributed by atoms with Gasteiger partial charge in [0.2, 0.25) is 10.0 Å². The van der Waals surface area contributed by atoms with Crippen molar-refractivity contribution in [2.45, 2.75) is 12.8 Å². The molecule has 3 N–H and O–H groups in total. The van der Waals surface area contributed by atoms with E-state index in [1.807, 2.05) is 0 Å². The number of aliphatic hydroxyl groups excluding tert-OH is 1. The number of aliphatic hydroxyl groups is 1. The highest BCUT2D eigenvalue weighted by Crippen LogP contribution is 1.98. The predicted molar refractivity (Wildman–Crippen MR) is 39.0 cm³/mol. The van der Waals surface area contributed by atoms with Gasteiger partial charge in [-0.1, -0.05) is 6.58 Å². The van der Waals surface area contributed by atoms with Crippen LogP contribution in [0, 0.1) is 0 Å². The van der Waals surface area contributed by atoms with Crippen molar-refractivity contribution < 1.29 is 13.5 Å². The van der Waals surface area contributed by atoms with Crippen LogP contribution in [-0.2, 0) is 10.0 Å². The maximum atomic E-state index is 10.3.